The summed E-state index contributed by atoms with van der Waals surface area (Å²) < 4.78 is 24.5. The fourth-order valence-electron chi connectivity index (χ4n) is 2.75. The molecule has 1 amide bonds. The number of nitrogens with zero attached hydrogens (tertiary/aromatic N) is 4. The molecule has 1 aliphatic rings. The largest absolute Gasteiger partial charge is 0.347 e. The van der Waals surface area contributed by atoms with Gasteiger partial charge in [-0.15, -0.1) is 0 Å². The number of hydrogen-bond acceptors (Lipinski definition) is 6. The van der Waals surface area contributed by atoms with E-state index in [1.54, 1.807) is 0 Å². The Morgan fingerprint density at radius 2 is 1.67 bits per heavy atom. The first-order valence-electron chi connectivity index (χ1n) is 7.88. The van der Waals surface area contributed by atoms with Crippen molar-refractivity contribution in [1.82, 2.24) is 14.3 Å². The molecule has 0 spiro atoms. The van der Waals surface area contributed by atoms with Crippen molar-refractivity contribution in [3.8, 4) is 0 Å². The first kappa shape index (κ1) is 18.6. The lowest BCUT2D eigenvalue weighted by atomic mass is 9.97. The third kappa shape index (κ3) is 4.21. The highest BCUT2D eigenvalue weighted by molar-refractivity contribution is 7.88. The average Bonchev–Trinajstić information content (AvgIpc) is 2.49. The fourth-order valence-corrected chi connectivity index (χ4v) is 3.63. The van der Waals surface area contributed by atoms with Gasteiger partial charge in [0.15, 0.2) is 0 Å². The number of piperidine rings is 1. The molecule has 1 fully saturated rings. The Hall–Kier alpha value is -1.74. The summed E-state index contributed by atoms with van der Waals surface area (Å²) in [5.74, 6) is 0.301. The number of hydrogen-bond donors (Lipinski definition) is 1. The molecule has 0 aliphatic carbocycles. The molecule has 0 saturated carbocycles. The normalized spacial score (nSPS) is 16.9. The Morgan fingerprint density at radius 1 is 1.17 bits per heavy atom. The highest BCUT2D eigenvalue weighted by atomic mass is 32.2. The van der Waals surface area contributed by atoms with E-state index in [0.29, 0.717) is 49.0 Å². The van der Waals surface area contributed by atoms with Crippen LogP contribution in [0.3, 0.4) is 0 Å². The van der Waals surface area contributed by atoms with Crippen LogP contribution in [0.5, 0.6) is 0 Å². The average molecular weight is 355 g/mol. The molecule has 0 radical (unpaired) electrons. The lowest BCUT2D eigenvalue weighted by Crippen LogP contribution is -2.41. The molecule has 0 unspecified atom stereocenters. The predicted molar refractivity (Wildman–Crippen MR) is 93.6 cm³/mol. The van der Waals surface area contributed by atoms with Gasteiger partial charge in [0.2, 0.25) is 21.9 Å². The minimum atomic E-state index is -3.18. The molecular formula is C15H25N5O3S. The predicted octanol–water partition coefficient (Wildman–Crippen LogP) is 0.770. The summed E-state index contributed by atoms with van der Waals surface area (Å²) >= 11 is 0. The van der Waals surface area contributed by atoms with Crippen LogP contribution < -0.4 is 10.2 Å². The van der Waals surface area contributed by atoms with E-state index >= 15 is 0 Å². The summed E-state index contributed by atoms with van der Waals surface area (Å²) in [6, 6.07) is 0. The maximum absolute atomic E-state index is 12.5. The summed E-state index contributed by atoms with van der Waals surface area (Å²) in [7, 11) is 0.543. The zero-order valence-corrected chi connectivity index (χ0v) is 15.6. The highest BCUT2D eigenvalue weighted by Crippen LogP contribution is 2.24. The summed E-state index contributed by atoms with van der Waals surface area (Å²) in [4.78, 5) is 23.1. The molecule has 1 saturated heterocycles. The number of carbonyl (C=O) groups excluding carboxylic acids is 1. The van der Waals surface area contributed by atoms with Crippen molar-refractivity contribution < 1.29 is 13.2 Å². The van der Waals surface area contributed by atoms with E-state index in [1.807, 2.05) is 32.8 Å². The molecule has 0 atom stereocenters. The van der Waals surface area contributed by atoms with Gasteiger partial charge in [0.05, 0.1) is 23.3 Å². The summed E-state index contributed by atoms with van der Waals surface area (Å²) in [5.41, 5.74) is 2.07. The van der Waals surface area contributed by atoms with E-state index in [0.717, 1.165) is 0 Å². The molecule has 1 N–H and O–H groups in total. The van der Waals surface area contributed by atoms with Gasteiger partial charge in [-0.3, -0.25) is 4.79 Å². The van der Waals surface area contributed by atoms with E-state index < -0.39 is 10.0 Å². The third-order valence-electron chi connectivity index (χ3n) is 4.20. The quantitative estimate of drug-likeness (QED) is 0.857. The molecular weight excluding hydrogens is 330 g/mol. The lowest BCUT2D eigenvalue weighted by molar-refractivity contribution is -0.120. The van der Waals surface area contributed by atoms with Gasteiger partial charge >= 0.3 is 0 Å². The number of nitrogens with one attached hydrogen (secondary N) is 1. The standard InChI is InChI=1S/C15H25N5O3S/c1-10-13(11(2)17-15(16-10)19(3)4)18-14(21)12-6-8-20(9-7-12)24(5,22)23/h12H,6-9H2,1-5H3,(H,18,21). The number of aryl methyl sites for hydroxylation is 2. The fraction of sp³-hybridized carbons (Fsp3) is 0.667. The van der Waals surface area contributed by atoms with Gasteiger partial charge in [-0.05, 0) is 26.7 Å². The SMILES string of the molecule is Cc1nc(N(C)C)nc(C)c1NC(=O)C1CCN(S(C)(=O)=O)CC1. The third-order valence-corrected chi connectivity index (χ3v) is 5.50. The van der Waals surface area contributed by atoms with E-state index in [4.69, 9.17) is 0 Å². The Kier molecular flexibility index (Phi) is 5.44. The molecule has 9 heteroatoms. The van der Waals surface area contributed by atoms with Crippen molar-refractivity contribution in [2.45, 2.75) is 26.7 Å². The van der Waals surface area contributed by atoms with Gasteiger partial charge in [0, 0.05) is 33.1 Å². The van der Waals surface area contributed by atoms with Crippen molar-refractivity contribution in [3.63, 3.8) is 0 Å². The van der Waals surface area contributed by atoms with Crippen LogP contribution in [0.2, 0.25) is 0 Å². The first-order chi connectivity index (χ1) is 11.1. The van der Waals surface area contributed by atoms with Crippen LogP contribution in [0.4, 0.5) is 11.6 Å². The van der Waals surface area contributed by atoms with Gasteiger partial charge in [-0.1, -0.05) is 0 Å². The minimum absolute atomic E-state index is 0.101. The second-order valence-electron chi connectivity index (χ2n) is 6.39. The zero-order chi connectivity index (χ0) is 18.1. The van der Waals surface area contributed by atoms with E-state index in [1.165, 1.54) is 10.6 Å². The van der Waals surface area contributed by atoms with Crippen LogP contribution >= 0.6 is 0 Å². The molecule has 0 aromatic carbocycles. The van der Waals surface area contributed by atoms with Crippen LogP contribution in [0.15, 0.2) is 0 Å². The monoisotopic (exact) mass is 355 g/mol. The summed E-state index contributed by atoms with van der Waals surface area (Å²) in [5, 5.41) is 2.92. The Balaban J connectivity index is 2.06. The highest BCUT2D eigenvalue weighted by Gasteiger charge is 2.29. The van der Waals surface area contributed by atoms with E-state index in [2.05, 4.69) is 15.3 Å². The van der Waals surface area contributed by atoms with Gasteiger partial charge in [0.25, 0.3) is 0 Å². The van der Waals surface area contributed by atoms with Crippen LogP contribution in [-0.2, 0) is 14.8 Å². The van der Waals surface area contributed by atoms with Crippen molar-refractivity contribution in [1.29, 1.82) is 0 Å². The zero-order valence-electron chi connectivity index (χ0n) is 14.8. The maximum atomic E-state index is 12.5. The number of anilines is 2. The second kappa shape index (κ2) is 7.02. The second-order valence-corrected chi connectivity index (χ2v) is 8.37. The van der Waals surface area contributed by atoms with Gasteiger partial charge in [-0.25, -0.2) is 22.7 Å². The molecule has 134 valence electrons. The number of rotatable bonds is 4. The Morgan fingerprint density at radius 3 is 2.08 bits per heavy atom. The van der Waals surface area contributed by atoms with Crippen molar-refractivity contribution in [2.24, 2.45) is 5.92 Å². The van der Waals surface area contributed by atoms with Gasteiger partial charge in [-0.2, -0.15) is 0 Å². The number of amides is 1. The Labute approximate surface area is 143 Å². The lowest BCUT2D eigenvalue weighted by Gasteiger charge is -2.29. The van der Waals surface area contributed by atoms with E-state index in [-0.39, 0.29) is 11.8 Å². The van der Waals surface area contributed by atoms with Crippen molar-refractivity contribution in [2.75, 3.05) is 43.7 Å². The molecule has 2 heterocycles. The number of carbonyl (C=O) groups is 1. The molecule has 2 rings (SSSR count). The molecule has 24 heavy (non-hydrogen) atoms. The van der Waals surface area contributed by atoms with Crippen LogP contribution in [0.1, 0.15) is 24.2 Å². The number of aromatic nitrogens is 2. The Bertz CT molecular complexity index is 702. The first-order valence-corrected chi connectivity index (χ1v) is 9.73. The molecule has 1 aliphatic heterocycles. The van der Waals surface area contributed by atoms with Crippen molar-refractivity contribution in [3.05, 3.63) is 11.4 Å². The maximum Gasteiger partial charge on any atom is 0.227 e. The molecule has 1 aromatic rings. The van der Waals surface area contributed by atoms with Crippen LogP contribution in [-0.4, -0.2) is 62.0 Å². The summed E-state index contributed by atoms with van der Waals surface area (Å²) in [6.07, 6.45) is 2.24. The number of sulfonamides is 1. The minimum Gasteiger partial charge on any atom is -0.347 e. The van der Waals surface area contributed by atoms with Crippen molar-refractivity contribution >= 4 is 27.6 Å². The smallest absolute Gasteiger partial charge is 0.227 e. The summed E-state index contributed by atoms with van der Waals surface area (Å²) in [6.45, 7) is 4.43. The topological polar surface area (TPSA) is 95.5 Å². The molecule has 8 nitrogen and oxygen atoms in total. The van der Waals surface area contributed by atoms with E-state index in [9.17, 15) is 13.2 Å². The molecule has 0 bridgehead atoms. The van der Waals surface area contributed by atoms with Crippen LogP contribution in [0.25, 0.3) is 0 Å². The van der Waals surface area contributed by atoms with Crippen LogP contribution in [0, 0.1) is 19.8 Å². The van der Waals surface area contributed by atoms with Gasteiger partial charge in [0.1, 0.15) is 0 Å². The molecule has 1 aromatic heterocycles. The van der Waals surface area contributed by atoms with Gasteiger partial charge < -0.3 is 10.2 Å².